The van der Waals surface area contributed by atoms with Crippen LogP contribution in [-0.2, 0) is 16.1 Å². The number of hydrogen-bond acceptors (Lipinski definition) is 4. The Morgan fingerprint density at radius 3 is 2.64 bits per heavy atom. The lowest BCUT2D eigenvalue weighted by molar-refractivity contribution is -0.142. The molecule has 0 aromatic heterocycles. The summed E-state index contributed by atoms with van der Waals surface area (Å²) in [6.45, 7) is 5.23. The van der Waals surface area contributed by atoms with Gasteiger partial charge in [0.15, 0.2) is 0 Å². The van der Waals surface area contributed by atoms with Crippen LogP contribution in [0.3, 0.4) is 0 Å². The van der Waals surface area contributed by atoms with Crippen LogP contribution in [0.4, 0.5) is 0 Å². The summed E-state index contributed by atoms with van der Waals surface area (Å²) in [6.07, 6.45) is 2.31. The molecule has 1 heterocycles. The lowest BCUT2D eigenvalue weighted by Gasteiger charge is -2.21. The zero-order valence-electron chi connectivity index (χ0n) is 13.1. The molecule has 0 amide bonds. The van der Waals surface area contributed by atoms with Gasteiger partial charge in [0, 0.05) is 6.54 Å². The van der Waals surface area contributed by atoms with Crippen molar-refractivity contribution in [3.63, 3.8) is 0 Å². The largest absolute Gasteiger partial charge is 0.480 e. The number of carbonyl (C=O) groups excluding carboxylic acids is 1. The molecule has 5 heteroatoms. The third kappa shape index (κ3) is 4.07. The van der Waals surface area contributed by atoms with E-state index in [4.69, 9.17) is 4.74 Å². The summed E-state index contributed by atoms with van der Waals surface area (Å²) >= 11 is 0. The molecule has 22 heavy (non-hydrogen) atoms. The van der Waals surface area contributed by atoms with Crippen LogP contribution in [0.25, 0.3) is 0 Å². The maximum atomic E-state index is 11.9. The van der Waals surface area contributed by atoms with E-state index in [1.165, 1.54) is 0 Å². The minimum atomic E-state index is -0.758. The van der Waals surface area contributed by atoms with Crippen molar-refractivity contribution in [1.29, 1.82) is 0 Å². The first kappa shape index (κ1) is 16.5. The van der Waals surface area contributed by atoms with Gasteiger partial charge in [-0.05, 0) is 50.4 Å². The summed E-state index contributed by atoms with van der Waals surface area (Å²) in [5.41, 5.74) is 1.54. The first-order chi connectivity index (χ1) is 10.5. The zero-order valence-corrected chi connectivity index (χ0v) is 13.1. The number of likely N-dealkylation sites (tertiary alicyclic amines) is 1. The van der Waals surface area contributed by atoms with Crippen molar-refractivity contribution in [2.45, 2.75) is 51.8 Å². The number of carbonyl (C=O) groups is 2. The number of esters is 1. The van der Waals surface area contributed by atoms with E-state index in [0.717, 1.165) is 24.9 Å². The smallest absolute Gasteiger partial charge is 0.338 e. The van der Waals surface area contributed by atoms with E-state index in [2.05, 4.69) is 0 Å². The Balaban J connectivity index is 1.97. The number of ether oxygens (including phenoxy) is 1. The predicted molar refractivity (Wildman–Crippen MR) is 82.7 cm³/mol. The van der Waals surface area contributed by atoms with Crippen LogP contribution >= 0.6 is 0 Å². The van der Waals surface area contributed by atoms with Crippen LogP contribution in [-0.4, -0.2) is 40.6 Å². The summed E-state index contributed by atoms with van der Waals surface area (Å²) in [5.74, 6) is -1.07. The van der Waals surface area contributed by atoms with Crippen LogP contribution in [0.15, 0.2) is 24.3 Å². The summed E-state index contributed by atoms with van der Waals surface area (Å²) < 4.78 is 5.28. The van der Waals surface area contributed by atoms with E-state index in [1.54, 1.807) is 12.1 Å². The van der Waals surface area contributed by atoms with Crippen molar-refractivity contribution in [2.75, 3.05) is 6.54 Å². The molecule has 2 atom stereocenters. The van der Waals surface area contributed by atoms with Crippen LogP contribution in [0, 0.1) is 0 Å². The number of aliphatic carboxylic acids is 1. The van der Waals surface area contributed by atoms with E-state index < -0.39 is 12.0 Å². The van der Waals surface area contributed by atoms with Gasteiger partial charge in [-0.3, -0.25) is 9.69 Å². The Morgan fingerprint density at radius 2 is 2.05 bits per heavy atom. The first-order valence-electron chi connectivity index (χ1n) is 7.78. The number of rotatable bonds is 6. The topological polar surface area (TPSA) is 66.8 Å². The molecule has 120 valence electrons. The number of hydrogen-bond donors (Lipinski definition) is 1. The Kier molecular flexibility index (Phi) is 5.55. The van der Waals surface area contributed by atoms with Gasteiger partial charge in [-0.25, -0.2) is 4.79 Å². The van der Waals surface area contributed by atoms with E-state index >= 15 is 0 Å². The molecule has 1 aromatic carbocycles. The molecule has 1 aliphatic rings. The Bertz CT molecular complexity index is 526. The minimum Gasteiger partial charge on any atom is -0.480 e. The fourth-order valence-electron chi connectivity index (χ4n) is 2.61. The van der Waals surface area contributed by atoms with Gasteiger partial charge in [0.1, 0.15) is 6.04 Å². The van der Waals surface area contributed by atoms with Crippen molar-refractivity contribution >= 4 is 11.9 Å². The zero-order chi connectivity index (χ0) is 16.1. The molecule has 0 aliphatic carbocycles. The van der Waals surface area contributed by atoms with Gasteiger partial charge in [0.05, 0.1) is 11.7 Å². The van der Waals surface area contributed by atoms with Crippen molar-refractivity contribution in [1.82, 2.24) is 4.90 Å². The maximum absolute atomic E-state index is 11.9. The maximum Gasteiger partial charge on any atom is 0.338 e. The summed E-state index contributed by atoms with van der Waals surface area (Å²) in [6, 6.07) is 6.82. The minimum absolute atomic E-state index is 0.0897. The Labute approximate surface area is 130 Å². The van der Waals surface area contributed by atoms with Crippen molar-refractivity contribution in [3.05, 3.63) is 35.4 Å². The molecule has 1 saturated heterocycles. The van der Waals surface area contributed by atoms with Crippen LogP contribution < -0.4 is 0 Å². The molecule has 0 radical (unpaired) electrons. The van der Waals surface area contributed by atoms with E-state index in [1.807, 2.05) is 30.9 Å². The second kappa shape index (κ2) is 7.40. The highest BCUT2D eigenvalue weighted by Crippen LogP contribution is 2.20. The van der Waals surface area contributed by atoms with Crippen molar-refractivity contribution in [2.24, 2.45) is 0 Å². The van der Waals surface area contributed by atoms with Gasteiger partial charge in [-0.2, -0.15) is 0 Å². The van der Waals surface area contributed by atoms with Crippen LogP contribution in [0.2, 0.25) is 0 Å². The van der Waals surface area contributed by atoms with Gasteiger partial charge in [0.2, 0.25) is 0 Å². The molecular weight excluding hydrogens is 282 g/mol. The average molecular weight is 305 g/mol. The highest BCUT2D eigenvalue weighted by atomic mass is 16.5. The molecule has 1 N–H and O–H groups in total. The van der Waals surface area contributed by atoms with Gasteiger partial charge in [0.25, 0.3) is 0 Å². The fraction of sp³-hybridized carbons (Fsp3) is 0.529. The quantitative estimate of drug-likeness (QED) is 0.819. The van der Waals surface area contributed by atoms with Crippen LogP contribution in [0.1, 0.15) is 49.0 Å². The van der Waals surface area contributed by atoms with E-state index in [0.29, 0.717) is 18.5 Å². The number of carboxylic acid groups (broad SMARTS) is 1. The third-order valence-corrected chi connectivity index (χ3v) is 4.11. The van der Waals surface area contributed by atoms with E-state index in [-0.39, 0.29) is 12.1 Å². The number of benzene rings is 1. The van der Waals surface area contributed by atoms with Gasteiger partial charge in [-0.15, -0.1) is 0 Å². The Morgan fingerprint density at radius 1 is 1.36 bits per heavy atom. The SMILES string of the molecule is CCC(C)OC(=O)c1ccc(CN2CCCC2C(=O)O)cc1. The summed E-state index contributed by atoms with van der Waals surface area (Å²) in [5, 5.41) is 9.18. The predicted octanol–water partition coefficient (Wildman–Crippen LogP) is 2.69. The standard InChI is InChI=1S/C17H23NO4/c1-3-12(2)22-17(21)14-8-6-13(7-9-14)11-18-10-4-5-15(18)16(19)20/h6-9,12,15H,3-5,10-11H2,1-2H3,(H,19,20). The molecule has 2 rings (SSSR count). The lowest BCUT2D eigenvalue weighted by atomic mass is 10.1. The highest BCUT2D eigenvalue weighted by molar-refractivity contribution is 5.89. The molecule has 0 bridgehead atoms. The average Bonchev–Trinajstić information content (AvgIpc) is 2.96. The monoisotopic (exact) mass is 305 g/mol. The van der Waals surface area contributed by atoms with Gasteiger partial charge in [-0.1, -0.05) is 19.1 Å². The molecule has 1 aliphatic heterocycles. The number of carboxylic acids is 1. The first-order valence-corrected chi connectivity index (χ1v) is 7.78. The molecular formula is C17H23NO4. The molecule has 1 fully saturated rings. The lowest BCUT2D eigenvalue weighted by Crippen LogP contribution is -2.35. The summed E-state index contributed by atoms with van der Waals surface area (Å²) in [7, 11) is 0. The summed E-state index contributed by atoms with van der Waals surface area (Å²) in [4.78, 5) is 25.0. The number of nitrogens with zero attached hydrogens (tertiary/aromatic N) is 1. The molecule has 5 nitrogen and oxygen atoms in total. The molecule has 2 unspecified atom stereocenters. The molecule has 0 saturated carbocycles. The molecule has 1 aromatic rings. The van der Waals surface area contributed by atoms with Crippen molar-refractivity contribution < 1.29 is 19.4 Å². The second-order valence-corrected chi connectivity index (χ2v) is 5.79. The van der Waals surface area contributed by atoms with Crippen LogP contribution in [0.5, 0.6) is 0 Å². The fourth-order valence-corrected chi connectivity index (χ4v) is 2.61. The highest BCUT2D eigenvalue weighted by Gasteiger charge is 2.30. The molecule has 0 spiro atoms. The normalized spacial score (nSPS) is 19.8. The Hall–Kier alpha value is -1.88. The van der Waals surface area contributed by atoms with E-state index in [9.17, 15) is 14.7 Å². The van der Waals surface area contributed by atoms with Gasteiger partial charge >= 0.3 is 11.9 Å². The van der Waals surface area contributed by atoms with Crippen molar-refractivity contribution in [3.8, 4) is 0 Å². The van der Waals surface area contributed by atoms with Gasteiger partial charge < -0.3 is 9.84 Å². The third-order valence-electron chi connectivity index (χ3n) is 4.11. The second-order valence-electron chi connectivity index (χ2n) is 5.79.